The second-order valence-electron chi connectivity index (χ2n) is 9.44. The first-order valence-corrected chi connectivity index (χ1v) is 13.0. The average Bonchev–Trinajstić information content (AvgIpc) is 2.93. The number of anilines is 1. The summed E-state index contributed by atoms with van der Waals surface area (Å²) >= 11 is 3.46. The zero-order valence-electron chi connectivity index (χ0n) is 21.8. The summed E-state index contributed by atoms with van der Waals surface area (Å²) < 4.78 is 13.1. The average molecular weight is 576 g/mol. The molecule has 8 heteroatoms. The lowest BCUT2D eigenvalue weighted by Crippen LogP contribution is -2.35. The van der Waals surface area contributed by atoms with E-state index >= 15 is 0 Å². The molecule has 0 aliphatic heterocycles. The highest BCUT2D eigenvalue weighted by atomic mass is 79.9. The molecule has 1 aromatic heterocycles. The molecule has 1 atom stereocenters. The molecule has 0 amide bonds. The zero-order chi connectivity index (χ0) is 27.3. The third-order valence-electron chi connectivity index (χ3n) is 6.34. The van der Waals surface area contributed by atoms with E-state index in [9.17, 15) is 9.59 Å². The van der Waals surface area contributed by atoms with E-state index in [0.717, 1.165) is 22.4 Å². The van der Waals surface area contributed by atoms with Gasteiger partial charge in [-0.3, -0.25) is 4.79 Å². The standard InChI is InChI=1S/C30H30BrN3O4/c1-20(22-13-10-14-23(17-22)29(36)37-4)34-18-26(31)32-27(28(34)35)33-30(2,3)24-15-8-9-16-25(24)38-19-21-11-6-5-7-12-21/h5-18,20H,19H2,1-4H3,(H,32,33). The van der Waals surface area contributed by atoms with Gasteiger partial charge >= 0.3 is 5.97 Å². The molecule has 0 radical (unpaired) electrons. The smallest absolute Gasteiger partial charge is 0.337 e. The first-order chi connectivity index (χ1) is 18.2. The van der Waals surface area contributed by atoms with Crippen molar-refractivity contribution < 1.29 is 14.3 Å². The molecule has 1 unspecified atom stereocenters. The van der Waals surface area contributed by atoms with Gasteiger partial charge in [0.15, 0.2) is 5.82 Å². The molecule has 4 rings (SSSR count). The van der Waals surface area contributed by atoms with Crippen LogP contribution in [0.2, 0.25) is 0 Å². The Labute approximate surface area is 230 Å². The van der Waals surface area contributed by atoms with E-state index in [2.05, 4.69) is 26.2 Å². The maximum absolute atomic E-state index is 13.6. The van der Waals surface area contributed by atoms with Crippen LogP contribution < -0.4 is 15.6 Å². The number of carbonyl (C=O) groups excluding carboxylic acids is 1. The normalized spacial score (nSPS) is 12.0. The fourth-order valence-corrected chi connectivity index (χ4v) is 4.66. The maximum Gasteiger partial charge on any atom is 0.337 e. The van der Waals surface area contributed by atoms with Crippen molar-refractivity contribution >= 4 is 27.7 Å². The molecule has 1 N–H and O–H groups in total. The lowest BCUT2D eigenvalue weighted by Gasteiger charge is -2.29. The summed E-state index contributed by atoms with van der Waals surface area (Å²) in [7, 11) is 1.34. The van der Waals surface area contributed by atoms with Crippen LogP contribution in [-0.2, 0) is 16.9 Å². The molecule has 0 saturated carbocycles. The lowest BCUT2D eigenvalue weighted by atomic mass is 9.93. The summed E-state index contributed by atoms with van der Waals surface area (Å²) in [5.74, 6) is 0.481. The zero-order valence-corrected chi connectivity index (χ0v) is 23.4. The summed E-state index contributed by atoms with van der Waals surface area (Å²) in [6, 6.07) is 24.4. The number of ether oxygens (including phenoxy) is 2. The van der Waals surface area contributed by atoms with Crippen LogP contribution in [-0.4, -0.2) is 22.6 Å². The summed E-state index contributed by atoms with van der Waals surface area (Å²) in [4.78, 5) is 30.1. The molecule has 196 valence electrons. The van der Waals surface area contributed by atoms with Crippen molar-refractivity contribution in [3.63, 3.8) is 0 Å². The minimum atomic E-state index is -0.688. The number of nitrogens with zero attached hydrogens (tertiary/aromatic N) is 2. The van der Waals surface area contributed by atoms with Crippen LogP contribution in [0.5, 0.6) is 5.75 Å². The Bertz CT molecular complexity index is 1480. The van der Waals surface area contributed by atoms with Gasteiger partial charge in [-0.2, -0.15) is 0 Å². The van der Waals surface area contributed by atoms with Crippen LogP contribution in [0.1, 0.15) is 53.9 Å². The van der Waals surface area contributed by atoms with E-state index in [1.807, 2.05) is 81.4 Å². The fourth-order valence-electron chi connectivity index (χ4n) is 4.26. The quantitative estimate of drug-likeness (QED) is 0.235. The van der Waals surface area contributed by atoms with E-state index in [4.69, 9.17) is 9.47 Å². The van der Waals surface area contributed by atoms with E-state index in [1.54, 1.807) is 29.0 Å². The van der Waals surface area contributed by atoms with Gasteiger partial charge < -0.3 is 19.4 Å². The maximum atomic E-state index is 13.6. The number of hydrogen-bond acceptors (Lipinski definition) is 6. The SMILES string of the molecule is COC(=O)c1cccc(C(C)n2cc(Br)nc(NC(C)(C)c3ccccc3OCc3ccccc3)c2=O)c1. The highest BCUT2D eigenvalue weighted by Crippen LogP contribution is 2.32. The molecule has 38 heavy (non-hydrogen) atoms. The molecule has 4 aromatic rings. The van der Waals surface area contributed by atoms with Gasteiger partial charge in [-0.05, 0) is 66.0 Å². The Balaban J connectivity index is 1.63. The van der Waals surface area contributed by atoms with Gasteiger partial charge in [-0.25, -0.2) is 9.78 Å². The van der Waals surface area contributed by atoms with Crippen molar-refractivity contribution in [3.05, 3.63) is 122 Å². The van der Waals surface area contributed by atoms with Crippen molar-refractivity contribution in [1.82, 2.24) is 9.55 Å². The molecule has 3 aromatic carbocycles. The van der Waals surface area contributed by atoms with Gasteiger partial charge in [-0.15, -0.1) is 0 Å². The van der Waals surface area contributed by atoms with Crippen molar-refractivity contribution in [1.29, 1.82) is 0 Å². The predicted octanol–water partition coefficient (Wildman–Crippen LogP) is 6.33. The summed E-state index contributed by atoms with van der Waals surface area (Å²) in [6.45, 7) is 6.28. The highest BCUT2D eigenvalue weighted by Gasteiger charge is 2.27. The van der Waals surface area contributed by atoms with Gasteiger partial charge in [0.05, 0.1) is 24.3 Å². The number of esters is 1. The van der Waals surface area contributed by atoms with Crippen molar-refractivity contribution in [2.75, 3.05) is 12.4 Å². The van der Waals surface area contributed by atoms with Crippen LogP contribution >= 0.6 is 15.9 Å². The van der Waals surface area contributed by atoms with Gasteiger partial charge in [0.2, 0.25) is 0 Å². The Hall–Kier alpha value is -3.91. The van der Waals surface area contributed by atoms with Crippen molar-refractivity contribution in [2.45, 2.75) is 39.0 Å². The lowest BCUT2D eigenvalue weighted by molar-refractivity contribution is 0.0600. The minimum Gasteiger partial charge on any atom is -0.489 e. The number of halogens is 1. The number of methoxy groups -OCH3 is 1. The van der Waals surface area contributed by atoms with E-state index < -0.39 is 11.5 Å². The van der Waals surface area contributed by atoms with Crippen molar-refractivity contribution in [3.8, 4) is 5.75 Å². The van der Waals surface area contributed by atoms with E-state index in [-0.39, 0.29) is 17.4 Å². The largest absolute Gasteiger partial charge is 0.489 e. The Morgan fingerprint density at radius 3 is 2.50 bits per heavy atom. The van der Waals surface area contributed by atoms with Crippen LogP contribution in [0.25, 0.3) is 0 Å². The second kappa shape index (κ2) is 11.6. The summed E-state index contributed by atoms with van der Waals surface area (Å²) in [5.41, 5.74) is 2.19. The second-order valence-corrected chi connectivity index (χ2v) is 10.3. The molecular weight excluding hydrogens is 546 g/mol. The number of carbonyl (C=O) groups is 1. The third-order valence-corrected chi connectivity index (χ3v) is 6.72. The molecular formula is C30H30BrN3O4. The predicted molar refractivity (Wildman–Crippen MR) is 152 cm³/mol. The Morgan fingerprint density at radius 2 is 1.76 bits per heavy atom. The Morgan fingerprint density at radius 1 is 1.05 bits per heavy atom. The molecule has 0 fully saturated rings. The monoisotopic (exact) mass is 575 g/mol. The van der Waals surface area contributed by atoms with Crippen LogP contribution in [0.15, 0.2) is 94.5 Å². The topological polar surface area (TPSA) is 82.5 Å². The summed E-state index contributed by atoms with van der Waals surface area (Å²) in [5, 5.41) is 3.34. The number of aromatic nitrogens is 2. The van der Waals surface area contributed by atoms with Gasteiger partial charge in [-0.1, -0.05) is 60.7 Å². The molecule has 0 saturated heterocycles. The first-order valence-electron chi connectivity index (χ1n) is 12.2. The molecule has 0 aliphatic rings. The molecule has 0 bridgehead atoms. The number of nitrogens with one attached hydrogen (secondary N) is 1. The van der Waals surface area contributed by atoms with Gasteiger partial charge in [0.1, 0.15) is 17.0 Å². The van der Waals surface area contributed by atoms with Gasteiger partial charge in [0.25, 0.3) is 5.56 Å². The number of para-hydroxylation sites is 1. The summed E-state index contributed by atoms with van der Waals surface area (Å²) in [6.07, 6.45) is 1.65. The van der Waals surface area contributed by atoms with Crippen LogP contribution in [0.3, 0.4) is 0 Å². The first kappa shape index (κ1) is 27.1. The highest BCUT2D eigenvalue weighted by molar-refractivity contribution is 9.10. The van der Waals surface area contributed by atoms with Crippen molar-refractivity contribution in [2.24, 2.45) is 0 Å². The van der Waals surface area contributed by atoms with E-state index in [1.165, 1.54) is 7.11 Å². The molecule has 0 aliphatic carbocycles. The van der Waals surface area contributed by atoms with Gasteiger partial charge in [0, 0.05) is 11.8 Å². The molecule has 1 heterocycles. The number of rotatable bonds is 9. The Kier molecular flexibility index (Phi) is 8.32. The number of hydrogen-bond donors (Lipinski definition) is 1. The van der Waals surface area contributed by atoms with Crippen LogP contribution in [0.4, 0.5) is 5.82 Å². The third kappa shape index (κ3) is 6.14. The fraction of sp³-hybridized carbons (Fsp3) is 0.233. The molecule has 7 nitrogen and oxygen atoms in total. The minimum absolute atomic E-state index is 0.193. The molecule has 0 spiro atoms. The van der Waals surface area contributed by atoms with E-state index in [0.29, 0.717) is 16.8 Å². The van der Waals surface area contributed by atoms with Crippen LogP contribution in [0, 0.1) is 0 Å². The number of benzene rings is 3.